The van der Waals surface area contributed by atoms with Crippen molar-refractivity contribution in [2.45, 2.75) is 136 Å². The zero-order valence-electron chi connectivity index (χ0n) is 30.6. The largest absolute Gasteiger partial charge is 0.491 e. The van der Waals surface area contributed by atoms with Crippen LogP contribution in [-0.4, -0.2) is 24.6 Å². The van der Waals surface area contributed by atoms with E-state index in [-0.39, 0.29) is 17.8 Å². The van der Waals surface area contributed by atoms with E-state index in [0.29, 0.717) is 23.5 Å². The predicted molar refractivity (Wildman–Crippen MR) is 201 cm³/mol. The van der Waals surface area contributed by atoms with E-state index in [1.807, 2.05) is 31.2 Å². The molecule has 0 saturated carbocycles. The van der Waals surface area contributed by atoms with E-state index in [1.165, 1.54) is 83.1 Å². The first-order valence-electron chi connectivity index (χ1n) is 19.0. The molecule has 6 heteroatoms. The Morgan fingerprint density at radius 2 is 1.22 bits per heavy atom. The summed E-state index contributed by atoms with van der Waals surface area (Å²) >= 11 is 0. The van der Waals surface area contributed by atoms with Crippen molar-refractivity contribution < 1.29 is 28.2 Å². The van der Waals surface area contributed by atoms with Crippen LogP contribution >= 0.6 is 0 Å². The minimum absolute atomic E-state index is 0.112. The smallest absolute Gasteiger partial charge is 0.390 e. The van der Waals surface area contributed by atoms with E-state index >= 15 is 0 Å². The molecule has 270 valence electrons. The maximum absolute atomic E-state index is 14.6. The highest BCUT2D eigenvalue weighted by Crippen LogP contribution is 2.24. The lowest BCUT2D eigenvalue weighted by atomic mass is 10.0. The van der Waals surface area contributed by atoms with Gasteiger partial charge in [0, 0.05) is 11.5 Å². The van der Waals surface area contributed by atoms with Gasteiger partial charge in [0.15, 0.2) is 11.6 Å². The van der Waals surface area contributed by atoms with Crippen molar-refractivity contribution in [2.24, 2.45) is 0 Å². The molecule has 0 aliphatic carbocycles. The fraction of sp³-hybridized carbons (Fsp3) is 0.500. The topological polar surface area (TPSA) is 61.8 Å². The Balaban J connectivity index is 1.35. The summed E-state index contributed by atoms with van der Waals surface area (Å²) in [5, 5.41) is 0. The number of unbranched alkanes of at least 4 members (excludes halogenated alkanes) is 14. The number of ether oxygens (including phenoxy) is 3. The summed E-state index contributed by atoms with van der Waals surface area (Å²) in [6, 6.07) is 18.7. The molecule has 0 aliphatic rings. The summed E-state index contributed by atoms with van der Waals surface area (Å²) in [7, 11) is 0. The zero-order chi connectivity index (χ0) is 35.8. The second-order valence-corrected chi connectivity index (χ2v) is 13.2. The van der Waals surface area contributed by atoms with Crippen LogP contribution in [0.25, 0.3) is 11.1 Å². The molecule has 3 aromatic rings. The van der Waals surface area contributed by atoms with Gasteiger partial charge in [-0.05, 0) is 79.8 Å². The highest BCUT2D eigenvalue weighted by Gasteiger charge is 2.12. The first-order chi connectivity index (χ1) is 24.4. The van der Waals surface area contributed by atoms with Gasteiger partial charge in [0.05, 0.1) is 18.3 Å². The van der Waals surface area contributed by atoms with Crippen molar-refractivity contribution in [3.8, 4) is 34.5 Å². The number of halogens is 1. The summed E-state index contributed by atoms with van der Waals surface area (Å²) < 4.78 is 31.2. The fourth-order valence-corrected chi connectivity index (χ4v) is 5.76. The minimum Gasteiger partial charge on any atom is -0.491 e. The molecule has 5 nitrogen and oxygen atoms in total. The van der Waals surface area contributed by atoms with Gasteiger partial charge in [-0.25, -0.2) is 14.0 Å². The molecule has 3 aromatic carbocycles. The van der Waals surface area contributed by atoms with Crippen LogP contribution in [0.15, 0.2) is 66.7 Å². The zero-order valence-corrected chi connectivity index (χ0v) is 30.6. The van der Waals surface area contributed by atoms with Crippen molar-refractivity contribution in [1.29, 1.82) is 0 Å². The van der Waals surface area contributed by atoms with Gasteiger partial charge in [-0.1, -0.05) is 134 Å². The Morgan fingerprint density at radius 1 is 0.680 bits per heavy atom. The van der Waals surface area contributed by atoms with E-state index in [0.717, 1.165) is 43.2 Å². The number of hydrogen-bond acceptors (Lipinski definition) is 5. The average Bonchev–Trinajstić information content (AvgIpc) is 3.12. The Hall–Kier alpha value is -4.11. The lowest BCUT2D eigenvalue weighted by Gasteiger charge is -2.13. The van der Waals surface area contributed by atoms with Gasteiger partial charge >= 0.3 is 11.9 Å². The summed E-state index contributed by atoms with van der Waals surface area (Å²) in [5.41, 5.74) is 2.68. The van der Waals surface area contributed by atoms with Crippen molar-refractivity contribution in [2.75, 3.05) is 6.61 Å². The highest BCUT2D eigenvalue weighted by molar-refractivity contribution is 5.91. The number of hydrogen-bond donors (Lipinski definition) is 0. The molecule has 3 rings (SSSR count). The van der Waals surface area contributed by atoms with E-state index in [1.54, 1.807) is 36.4 Å². The second-order valence-electron chi connectivity index (χ2n) is 13.2. The maximum Gasteiger partial charge on any atom is 0.390 e. The third-order valence-electron chi connectivity index (χ3n) is 8.79. The van der Waals surface area contributed by atoms with Gasteiger partial charge < -0.3 is 14.2 Å². The molecular formula is C44H57FO5. The third kappa shape index (κ3) is 16.1. The molecule has 0 heterocycles. The molecule has 0 aliphatic heterocycles. The molecule has 0 amide bonds. The molecule has 0 radical (unpaired) electrons. The lowest BCUT2D eigenvalue weighted by molar-refractivity contribution is -0.128. The second kappa shape index (κ2) is 24.1. The Bertz CT molecular complexity index is 1470. The molecule has 0 saturated heterocycles. The first kappa shape index (κ1) is 40.3. The molecule has 0 spiro atoms. The quantitative estimate of drug-likeness (QED) is 0.0430. The van der Waals surface area contributed by atoms with Crippen LogP contribution in [0, 0.1) is 17.7 Å². The van der Waals surface area contributed by atoms with Gasteiger partial charge in [0.2, 0.25) is 0 Å². The SMILES string of the molecule is CCCCCCCCCCCCCCOc1ccc(C#CC(=O)Oc2ccc(-c3ccc(C(=O)O[C@H](C)CCCCCC)cc3)cc2)cc1F. The van der Waals surface area contributed by atoms with Crippen molar-refractivity contribution in [1.82, 2.24) is 0 Å². The van der Waals surface area contributed by atoms with Gasteiger partial charge in [0.1, 0.15) is 5.75 Å². The number of carbonyl (C=O) groups excluding carboxylic acids is 2. The molecule has 0 N–H and O–H groups in total. The van der Waals surface area contributed by atoms with Crippen LogP contribution in [-0.2, 0) is 9.53 Å². The summed E-state index contributed by atoms with van der Waals surface area (Å²) in [5.74, 6) is 4.06. The number of carbonyl (C=O) groups is 2. The Morgan fingerprint density at radius 3 is 1.80 bits per heavy atom. The standard InChI is InChI=1S/C44H57FO5/c1-4-6-8-10-11-12-13-14-15-16-17-19-33-48-42-31-21-36(34-41(42)45)22-32-43(46)50-40-29-27-38(28-30-40)37-23-25-39(26-24-37)44(47)49-35(3)20-18-9-7-5-2/h21,23-31,34-35H,4-20,33H2,1-3H3/t35-/m1/s1. The van der Waals surface area contributed by atoms with E-state index in [2.05, 4.69) is 25.7 Å². The van der Waals surface area contributed by atoms with E-state index in [9.17, 15) is 14.0 Å². The Labute approximate surface area is 300 Å². The van der Waals surface area contributed by atoms with Gasteiger partial charge in [0.25, 0.3) is 0 Å². The summed E-state index contributed by atoms with van der Waals surface area (Å²) in [6.07, 6.45) is 20.5. The molecule has 50 heavy (non-hydrogen) atoms. The van der Waals surface area contributed by atoms with Crippen LogP contribution in [0.3, 0.4) is 0 Å². The number of benzene rings is 3. The van der Waals surface area contributed by atoms with Crippen LogP contribution in [0.2, 0.25) is 0 Å². The molecule has 0 bridgehead atoms. The lowest BCUT2D eigenvalue weighted by Crippen LogP contribution is -2.15. The molecule has 0 unspecified atom stereocenters. The Kier molecular flexibility index (Phi) is 19.4. The first-order valence-corrected chi connectivity index (χ1v) is 19.0. The van der Waals surface area contributed by atoms with Crippen LogP contribution in [0.5, 0.6) is 11.5 Å². The van der Waals surface area contributed by atoms with Crippen molar-refractivity contribution in [3.63, 3.8) is 0 Å². The molecular weight excluding hydrogens is 627 g/mol. The third-order valence-corrected chi connectivity index (χ3v) is 8.79. The van der Waals surface area contributed by atoms with Gasteiger partial charge in [-0.2, -0.15) is 0 Å². The highest BCUT2D eigenvalue weighted by atomic mass is 19.1. The van der Waals surface area contributed by atoms with Crippen LogP contribution in [0.1, 0.15) is 146 Å². The molecule has 0 fully saturated rings. The normalized spacial score (nSPS) is 11.4. The van der Waals surface area contributed by atoms with Crippen molar-refractivity contribution in [3.05, 3.63) is 83.7 Å². The maximum atomic E-state index is 14.6. The summed E-state index contributed by atoms with van der Waals surface area (Å²) in [4.78, 5) is 24.9. The number of esters is 2. The van der Waals surface area contributed by atoms with E-state index in [4.69, 9.17) is 14.2 Å². The van der Waals surface area contributed by atoms with Crippen molar-refractivity contribution >= 4 is 11.9 Å². The monoisotopic (exact) mass is 684 g/mol. The molecule has 0 aromatic heterocycles. The summed E-state index contributed by atoms with van der Waals surface area (Å²) in [6.45, 7) is 6.84. The van der Waals surface area contributed by atoms with Gasteiger partial charge in [-0.3, -0.25) is 0 Å². The van der Waals surface area contributed by atoms with Gasteiger partial charge in [-0.15, -0.1) is 0 Å². The number of rotatable bonds is 23. The average molecular weight is 685 g/mol. The predicted octanol–water partition coefficient (Wildman–Crippen LogP) is 12.0. The molecule has 1 atom stereocenters. The minimum atomic E-state index is -0.743. The van der Waals surface area contributed by atoms with Crippen LogP contribution in [0.4, 0.5) is 4.39 Å². The fourth-order valence-electron chi connectivity index (χ4n) is 5.76. The van der Waals surface area contributed by atoms with E-state index < -0.39 is 11.8 Å². The van der Waals surface area contributed by atoms with Crippen LogP contribution < -0.4 is 9.47 Å².